The molecule has 2 rings (SSSR count). The first kappa shape index (κ1) is 14.5. The second-order valence-corrected chi connectivity index (χ2v) is 5.47. The summed E-state index contributed by atoms with van der Waals surface area (Å²) in [6.07, 6.45) is 1.15. The van der Waals surface area contributed by atoms with Crippen LogP contribution in [0.2, 0.25) is 0 Å². The highest BCUT2D eigenvalue weighted by Crippen LogP contribution is 2.24. The van der Waals surface area contributed by atoms with Gasteiger partial charge >= 0.3 is 5.69 Å². The third kappa shape index (κ3) is 2.38. The Kier molecular flexibility index (Phi) is 3.76. The lowest BCUT2D eigenvalue weighted by molar-refractivity contribution is 0.101. The van der Waals surface area contributed by atoms with E-state index in [0.717, 1.165) is 21.9 Å². The Hall–Kier alpha value is -1.95. The minimum Gasteiger partial charge on any atom is -0.313 e. The van der Waals surface area contributed by atoms with Crippen LogP contribution in [-0.4, -0.2) is 15.3 Å². The molecule has 6 heteroatoms. The van der Waals surface area contributed by atoms with Crippen molar-refractivity contribution in [3.8, 4) is 5.69 Å². The summed E-state index contributed by atoms with van der Waals surface area (Å²) in [6.45, 7) is 5.01. The molecule has 1 N–H and O–H groups in total. The molecule has 0 unspecified atom stereocenters. The first-order valence-electron chi connectivity index (χ1n) is 5.95. The molecule has 1 aromatic carbocycles. The van der Waals surface area contributed by atoms with Crippen LogP contribution >= 0.6 is 15.9 Å². The smallest absolute Gasteiger partial charge is 0.313 e. The van der Waals surface area contributed by atoms with Crippen LogP contribution in [0.1, 0.15) is 28.4 Å². The molecule has 0 amide bonds. The Morgan fingerprint density at radius 1 is 1.25 bits per heavy atom. The second-order valence-electron chi connectivity index (χ2n) is 4.62. The number of hydrogen-bond donors (Lipinski definition) is 1. The van der Waals surface area contributed by atoms with Gasteiger partial charge in [0.1, 0.15) is 0 Å². The normalized spacial score (nSPS) is 10.6. The Bertz CT molecular complexity index is 795. The van der Waals surface area contributed by atoms with Gasteiger partial charge in [-0.2, -0.15) is 0 Å². The molecule has 2 aromatic rings. The van der Waals surface area contributed by atoms with Gasteiger partial charge in [0.15, 0.2) is 5.78 Å². The molecule has 20 heavy (non-hydrogen) atoms. The van der Waals surface area contributed by atoms with E-state index in [-0.39, 0.29) is 11.3 Å². The summed E-state index contributed by atoms with van der Waals surface area (Å²) in [5.41, 5.74) is 0.985. The maximum atomic E-state index is 12.3. The van der Waals surface area contributed by atoms with E-state index in [0.29, 0.717) is 10.2 Å². The Balaban J connectivity index is 2.91. The first-order valence-corrected chi connectivity index (χ1v) is 6.75. The van der Waals surface area contributed by atoms with Gasteiger partial charge in [0.05, 0.1) is 11.3 Å². The minimum atomic E-state index is -0.617. The number of carbonyl (C=O) groups is 1. The van der Waals surface area contributed by atoms with Gasteiger partial charge in [0.2, 0.25) is 0 Å². The number of benzene rings is 1. The molecule has 0 saturated heterocycles. The summed E-state index contributed by atoms with van der Waals surface area (Å²) in [5.74, 6) is -0.388. The summed E-state index contributed by atoms with van der Waals surface area (Å²) < 4.78 is 1.61. The average Bonchev–Trinajstić information content (AvgIpc) is 2.31. The van der Waals surface area contributed by atoms with Crippen LogP contribution in [0.4, 0.5) is 0 Å². The molecule has 1 aromatic heterocycles. The predicted molar refractivity (Wildman–Crippen MR) is 79.8 cm³/mol. The van der Waals surface area contributed by atoms with Crippen molar-refractivity contribution in [3.63, 3.8) is 0 Å². The number of aryl methyl sites for hydroxylation is 2. The Morgan fingerprint density at radius 3 is 2.45 bits per heavy atom. The molecule has 0 saturated carbocycles. The SMILES string of the molecule is CC(=O)c1c[nH]c(=O)n(-c2c(C)cc(C)cc2Br)c1=O. The van der Waals surface area contributed by atoms with E-state index in [2.05, 4.69) is 20.9 Å². The van der Waals surface area contributed by atoms with Crippen molar-refractivity contribution in [3.05, 3.63) is 60.3 Å². The van der Waals surface area contributed by atoms with Gasteiger partial charge in [0.25, 0.3) is 5.56 Å². The molecule has 0 fully saturated rings. The number of nitrogens with one attached hydrogen (secondary N) is 1. The molecule has 1 heterocycles. The summed E-state index contributed by atoms with van der Waals surface area (Å²) in [5, 5.41) is 0. The molecular weight excluding hydrogens is 324 g/mol. The molecular formula is C14H13BrN2O3. The fraction of sp³-hybridized carbons (Fsp3) is 0.214. The lowest BCUT2D eigenvalue weighted by Crippen LogP contribution is -2.37. The van der Waals surface area contributed by atoms with Crippen molar-refractivity contribution in [1.29, 1.82) is 0 Å². The topological polar surface area (TPSA) is 71.9 Å². The van der Waals surface area contributed by atoms with Gasteiger partial charge < -0.3 is 4.98 Å². The second kappa shape index (κ2) is 5.20. The van der Waals surface area contributed by atoms with Crippen LogP contribution < -0.4 is 11.2 Å². The van der Waals surface area contributed by atoms with Crippen molar-refractivity contribution < 1.29 is 4.79 Å². The van der Waals surface area contributed by atoms with Crippen molar-refractivity contribution in [1.82, 2.24) is 9.55 Å². The van der Waals surface area contributed by atoms with Crippen LogP contribution in [0.15, 0.2) is 32.4 Å². The van der Waals surface area contributed by atoms with Crippen LogP contribution in [0.5, 0.6) is 0 Å². The van der Waals surface area contributed by atoms with Gasteiger partial charge in [0, 0.05) is 10.7 Å². The number of H-pyrrole nitrogens is 1. The average molecular weight is 337 g/mol. The standard InChI is InChI=1S/C14H13BrN2O3/c1-7-4-8(2)12(11(15)5-7)17-13(19)10(9(3)18)6-16-14(17)20/h4-6H,1-3H3,(H,16,20). The maximum Gasteiger partial charge on any atom is 0.333 e. The number of carbonyl (C=O) groups excluding carboxylic acids is 1. The molecule has 104 valence electrons. The van der Waals surface area contributed by atoms with E-state index in [1.54, 1.807) is 6.92 Å². The fourth-order valence-electron chi connectivity index (χ4n) is 2.12. The molecule has 5 nitrogen and oxygen atoms in total. The maximum absolute atomic E-state index is 12.3. The zero-order valence-electron chi connectivity index (χ0n) is 11.3. The molecule has 0 aliphatic carbocycles. The highest BCUT2D eigenvalue weighted by molar-refractivity contribution is 9.10. The van der Waals surface area contributed by atoms with E-state index in [4.69, 9.17) is 0 Å². The van der Waals surface area contributed by atoms with Crippen LogP contribution in [0.25, 0.3) is 5.69 Å². The van der Waals surface area contributed by atoms with E-state index >= 15 is 0 Å². The lowest BCUT2D eigenvalue weighted by Gasteiger charge is -2.12. The highest BCUT2D eigenvalue weighted by atomic mass is 79.9. The van der Waals surface area contributed by atoms with Gasteiger partial charge in [-0.15, -0.1) is 0 Å². The predicted octanol–water partition coefficient (Wildman–Crippen LogP) is 2.11. The molecule has 0 aliphatic heterocycles. The number of halogens is 1. The van der Waals surface area contributed by atoms with Crippen molar-refractivity contribution >= 4 is 21.7 Å². The number of aromatic nitrogens is 2. The van der Waals surface area contributed by atoms with Gasteiger partial charge in [-0.05, 0) is 53.9 Å². The van der Waals surface area contributed by atoms with Crippen molar-refractivity contribution in [2.45, 2.75) is 20.8 Å². The molecule has 0 radical (unpaired) electrons. The molecule has 0 spiro atoms. The van der Waals surface area contributed by atoms with E-state index in [1.165, 1.54) is 6.92 Å². The summed E-state index contributed by atoms with van der Waals surface area (Å²) >= 11 is 3.37. The molecule has 0 aliphatic rings. The fourth-order valence-corrected chi connectivity index (χ4v) is 2.97. The van der Waals surface area contributed by atoms with Gasteiger partial charge in [-0.3, -0.25) is 9.59 Å². The number of nitrogens with zero attached hydrogens (tertiary/aromatic N) is 1. The van der Waals surface area contributed by atoms with E-state index in [1.807, 2.05) is 19.1 Å². The number of hydrogen-bond acceptors (Lipinski definition) is 3. The highest BCUT2D eigenvalue weighted by Gasteiger charge is 2.16. The van der Waals surface area contributed by atoms with Gasteiger partial charge in [-0.25, -0.2) is 9.36 Å². The third-order valence-electron chi connectivity index (χ3n) is 2.98. The van der Waals surface area contributed by atoms with E-state index in [9.17, 15) is 14.4 Å². The summed E-state index contributed by atoms with van der Waals surface area (Å²) in [4.78, 5) is 38.2. The van der Waals surface area contributed by atoms with Crippen molar-refractivity contribution in [2.24, 2.45) is 0 Å². The van der Waals surface area contributed by atoms with Gasteiger partial charge in [-0.1, -0.05) is 6.07 Å². The zero-order chi connectivity index (χ0) is 15.0. The number of ketones is 1. The van der Waals surface area contributed by atoms with Crippen LogP contribution in [0, 0.1) is 13.8 Å². The number of Topliss-reactive ketones (excluding diaryl/α,β-unsaturated/α-hetero) is 1. The molecule has 0 bridgehead atoms. The lowest BCUT2D eigenvalue weighted by atomic mass is 10.1. The third-order valence-corrected chi connectivity index (χ3v) is 3.58. The van der Waals surface area contributed by atoms with Crippen molar-refractivity contribution in [2.75, 3.05) is 0 Å². The largest absolute Gasteiger partial charge is 0.333 e. The molecule has 0 atom stereocenters. The number of rotatable bonds is 2. The Labute approximate surface area is 123 Å². The minimum absolute atomic E-state index is 0.0449. The Morgan fingerprint density at radius 2 is 1.90 bits per heavy atom. The van der Waals surface area contributed by atoms with Crippen LogP contribution in [-0.2, 0) is 0 Å². The van der Waals surface area contributed by atoms with E-state index < -0.39 is 11.2 Å². The van der Waals surface area contributed by atoms with Crippen LogP contribution in [0.3, 0.4) is 0 Å². The monoisotopic (exact) mass is 336 g/mol. The zero-order valence-corrected chi connectivity index (χ0v) is 12.9. The summed E-state index contributed by atoms with van der Waals surface area (Å²) in [6, 6.07) is 3.68. The first-order chi connectivity index (χ1) is 9.32. The number of aromatic amines is 1. The summed E-state index contributed by atoms with van der Waals surface area (Å²) in [7, 11) is 0. The quantitative estimate of drug-likeness (QED) is 0.853.